The van der Waals surface area contributed by atoms with Crippen molar-refractivity contribution in [3.8, 4) is 0 Å². The van der Waals surface area contributed by atoms with Crippen LogP contribution in [0, 0.1) is 0 Å². The molecule has 0 amide bonds. The molecule has 0 saturated carbocycles. The maximum absolute atomic E-state index is 10.9. The van der Waals surface area contributed by atoms with Gasteiger partial charge in [-0.2, -0.15) is 8.42 Å². The van der Waals surface area contributed by atoms with E-state index in [0.717, 1.165) is 25.9 Å². The second-order valence-corrected chi connectivity index (χ2v) is 5.95. The third kappa shape index (κ3) is 4.29. The lowest BCUT2D eigenvalue weighted by atomic mass is 10.2. The van der Waals surface area contributed by atoms with E-state index in [1.807, 2.05) is 5.01 Å². The molecule has 1 aliphatic rings. The fourth-order valence-electron chi connectivity index (χ4n) is 1.94. The lowest BCUT2D eigenvalue weighted by Gasteiger charge is -2.13. The van der Waals surface area contributed by atoms with Crippen molar-refractivity contribution in [3.05, 3.63) is 24.3 Å². The SMILES string of the molecule is O=S(=O)(O)c1ccc(N=NN2CCCCCC2)cc1. The number of benzene rings is 1. The highest BCUT2D eigenvalue weighted by Gasteiger charge is 2.09. The molecule has 2 rings (SSSR count). The smallest absolute Gasteiger partial charge is 0.282 e. The molecule has 1 fully saturated rings. The molecule has 1 N–H and O–H groups in total. The minimum atomic E-state index is -4.14. The standard InChI is InChI=1S/C12H17N3O3S/c16-19(17,18)12-7-5-11(6-8-12)13-14-15-9-3-1-2-4-10-15/h5-8H,1-4,9-10H2,(H,16,17,18). The minimum Gasteiger partial charge on any atom is -0.282 e. The van der Waals surface area contributed by atoms with Crippen molar-refractivity contribution in [1.29, 1.82) is 0 Å². The van der Waals surface area contributed by atoms with E-state index < -0.39 is 10.1 Å². The fourth-order valence-corrected chi connectivity index (χ4v) is 2.42. The molecule has 104 valence electrons. The van der Waals surface area contributed by atoms with Gasteiger partial charge in [-0.05, 0) is 37.1 Å². The molecule has 0 aromatic heterocycles. The summed E-state index contributed by atoms with van der Waals surface area (Å²) in [7, 11) is -4.14. The number of rotatable bonds is 3. The number of hydrogen-bond acceptors (Lipinski definition) is 4. The van der Waals surface area contributed by atoms with Crippen LogP contribution in [-0.4, -0.2) is 31.1 Å². The Morgan fingerprint density at radius 3 is 2.11 bits per heavy atom. The summed E-state index contributed by atoms with van der Waals surface area (Å²) in [5, 5.41) is 10.2. The summed E-state index contributed by atoms with van der Waals surface area (Å²) in [5.74, 6) is 0. The molecule has 1 aromatic rings. The molecule has 19 heavy (non-hydrogen) atoms. The summed E-state index contributed by atoms with van der Waals surface area (Å²) < 4.78 is 30.6. The van der Waals surface area contributed by atoms with Crippen LogP contribution in [0.15, 0.2) is 39.5 Å². The molecular formula is C12H17N3O3S. The van der Waals surface area contributed by atoms with Crippen LogP contribution in [0.3, 0.4) is 0 Å². The largest absolute Gasteiger partial charge is 0.294 e. The molecule has 0 aliphatic carbocycles. The van der Waals surface area contributed by atoms with E-state index in [9.17, 15) is 8.42 Å². The highest BCUT2D eigenvalue weighted by molar-refractivity contribution is 7.85. The normalized spacial score (nSPS) is 17.6. The van der Waals surface area contributed by atoms with Crippen LogP contribution in [0.5, 0.6) is 0 Å². The van der Waals surface area contributed by atoms with Gasteiger partial charge in [-0.25, -0.2) is 0 Å². The van der Waals surface area contributed by atoms with Gasteiger partial charge in [0.25, 0.3) is 10.1 Å². The maximum atomic E-state index is 10.9. The Hall–Kier alpha value is -1.47. The first kappa shape index (κ1) is 14.0. The highest BCUT2D eigenvalue weighted by atomic mass is 32.2. The Morgan fingerprint density at radius 1 is 1.00 bits per heavy atom. The van der Waals surface area contributed by atoms with E-state index in [1.54, 1.807) is 0 Å². The first-order valence-electron chi connectivity index (χ1n) is 6.30. The first-order chi connectivity index (χ1) is 9.05. The van der Waals surface area contributed by atoms with Gasteiger partial charge < -0.3 is 0 Å². The van der Waals surface area contributed by atoms with Crippen molar-refractivity contribution < 1.29 is 13.0 Å². The molecule has 1 aliphatic heterocycles. The number of hydrogen-bond donors (Lipinski definition) is 1. The Balaban J connectivity index is 2.02. The Kier molecular flexibility index (Phi) is 4.49. The van der Waals surface area contributed by atoms with Gasteiger partial charge in [0.15, 0.2) is 0 Å². The highest BCUT2D eigenvalue weighted by Crippen LogP contribution is 2.18. The van der Waals surface area contributed by atoms with Gasteiger partial charge in [0.2, 0.25) is 0 Å². The van der Waals surface area contributed by atoms with Crippen molar-refractivity contribution in [2.45, 2.75) is 30.6 Å². The Bertz CT molecular complexity index is 532. The summed E-state index contributed by atoms with van der Waals surface area (Å²) in [4.78, 5) is -0.138. The fraction of sp³-hybridized carbons (Fsp3) is 0.500. The van der Waals surface area contributed by atoms with Crippen molar-refractivity contribution in [1.82, 2.24) is 5.01 Å². The molecule has 7 heteroatoms. The average molecular weight is 283 g/mol. The van der Waals surface area contributed by atoms with Crippen LogP contribution < -0.4 is 0 Å². The van der Waals surface area contributed by atoms with E-state index in [-0.39, 0.29) is 4.90 Å². The van der Waals surface area contributed by atoms with Crippen molar-refractivity contribution in [2.24, 2.45) is 10.3 Å². The predicted octanol–water partition coefficient (Wildman–Crippen LogP) is 2.81. The van der Waals surface area contributed by atoms with Crippen LogP contribution >= 0.6 is 0 Å². The third-order valence-corrected chi connectivity index (χ3v) is 3.87. The van der Waals surface area contributed by atoms with E-state index in [1.165, 1.54) is 37.1 Å². The predicted molar refractivity (Wildman–Crippen MR) is 70.8 cm³/mol. The molecule has 1 aromatic carbocycles. The Morgan fingerprint density at radius 2 is 1.58 bits per heavy atom. The maximum Gasteiger partial charge on any atom is 0.294 e. The molecule has 0 bridgehead atoms. The van der Waals surface area contributed by atoms with Crippen molar-refractivity contribution in [3.63, 3.8) is 0 Å². The van der Waals surface area contributed by atoms with Crippen LogP contribution in [-0.2, 0) is 10.1 Å². The summed E-state index contributed by atoms with van der Waals surface area (Å²) in [6, 6.07) is 5.66. The zero-order chi connectivity index (χ0) is 13.7. The van der Waals surface area contributed by atoms with Gasteiger partial charge in [0.1, 0.15) is 0 Å². The van der Waals surface area contributed by atoms with Gasteiger partial charge >= 0.3 is 0 Å². The molecule has 0 spiro atoms. The average Bonchev–Trinajstić information content (AvgIpc) is 2.64. The van der Waals surface area contributed by atoms with Gasteiger partial charge in [-0.3, -0.25) is 9.56 Å². The molecule has 0 atom stereocenters. The molecule has 0 unspecified atom stereocenters. The third-order valence-electron chi connectivity index (χ3n) is 3.00. The summed E-state index contributed by atoms with van der Waals surface area (Å²) in [6.45, 7) is 1.82. The molecule has 6 nitrogen and oxygen atoms in total. The van der Waals surface area contributed by atoms with E-state index >= 15 is 0 Å². The lowest BCUT2D eigenvalue weighted by molar-refractivity contribution is 0.281. The molecule has 1 saturated heterocycles. The topological polar surface area (TPSA) is 82.3 Å². The summed E-state index contributed by atoms with van der Waals surface area (Å²) >= 11 is 0. The molecule has 1 heterocycles. The van der Waals surface area contributed by atoms with E-state index in [2.05, 4.69) is 10.3 Å². The van der Waals surface area contributed by atoms with Gasteiger partial charge in [0, 0.05) is 13.1 Å². The van der Waals surface area contributed by atoms with Gasteiger partial charge in [0.05, 0.1) is 10.6 Å². The Labute approximate surface area is 112 Å². The van der Waals surface area contributed by atoms with Gasteiger partial charge in [-0.15, -0.1) is 5.11 Å². The molecule has 0 radical (unpaired) electrons. The summed E-state index contributed by atoms with van der Waals surface area (Å²) in [6.07, 6.45) is 4.71. The zero-order valence-electron chi connectivity index (χ0n) is 10.6. The van der Waals surface area contributed by atoms with Gasteiger partial charge in [-0.1, -0.05) is 18.1 Å². The second-order valence-electron chi connectivity index (χ2n) is 4.53. The molecular weight excluding hydrogens is 266 g/mol. The van der Waals surface area contributed by atoms with Crippen molar-refractivity contribution in [2.75, 3.05) is 13.1 Å². The monoisotopic (exact) mass is 283 g/mol. The minimum absolute atomic E-state index is 0.138. The van der Waals surface area contributed by atoms with Crippen LogP contribution in [0.4, 0.5) is 5.69 Å². The van der Waals surface area contributed by atoms with E-state index in [4.69, 9.17) is 4.55 Å². The number of nitrogens with zero attached hydrogens (tertiary/aromatic N) is 3. The first-order valence-corrected chi connectivity index (χ1v) is 7.74. The van der Waals surface area contributed by atoms with Crippen LogP contribution in [0.2, 0.25) is 0 Å². The quantitative estimate of drug-likeness (QED) is 0.683. The lowest BCUT2D eigenvalue weighted by Crippen LogP contribution is -2.17. The van der Waals surface area contributed by atoms with Crippen LogP contribution in [0.1, 0.15) is 25.7 Å². The van der Waals surface area contributed by atoms with Crippen LogP contribution in [0.25, 0.3) is 0 Å². The van der Waals surface area contributed by atoms with E-state index in [0.29, 0.717) is 5.69 Å². The summed E-state index contributed by atoms with van der Waals surface area (Å²) in [5.41, 5.74) is 0.566. The van der Waals surface area contributed by atoms with Crippen molar-refractivity contribution >= 4 is 15.8 Å². The zero-order valence-corrected chi connectivity index (χ0v) is 11.4. The second kappa shape index (κ2) is 6.12.